The van der Waals surface area contributed by atoms with Crippen LogP contribution in [0.5, 0.6) is 5.75 Å². The third-order valence-electron chi connectivity index (χ3n) is 6.27. The minimum absolute atomic E-state index is 0.751. The Bertz CT molecular complexity index is 1360. The first kappa shape index (κ1) is 23.2. The number of hydrogen-bond donors (Lipinski definition) is 1. The van der Waals surface area contributed by atoms with Gasteiger partial charge in [0.1, 0.15) is 5.75 Å². The fourth-order valence-electron chi connectivity index (χ4n) is 4.43. The molecule has 0 bridgehead atoms. The molecule has 0 heterocycles. The molecule has 36 heavy (non-hydrogen) atoms. The zero-order chi connectivity index (χ0) is 24.6. The zero-order valence-electron chi connectivity index (χ0n) is 20.4. The van der Waals surface area contributed by atoms with E-state index in [2.05, 4.69) is 121 Å². The Labute approximate surface area is 213 Å². The van der Waals surface area contributed by atoms with Crippen molar-refractivity contribution in [3.63, 3.8) is 0 Å². The van der Waals surface area contributed by atoms with Crippen molar-refractivity contribution in [2.24, 2.45) is 0 Å². The molecule has 0 saturated heterocycles. The Balaban J connectivity index is 1.54. The first-order valence-corrected chi connectivity index (χ1v) is 12.2. The van der Waals surface area contributed by atoms with Crippen LogP contribution in [-0.2, 0) is 6.54 Å². The summed E-state index contributed by atoms with van der Waals surface area (Å²) in [5.74, 6) is 0.859. The van der Waals surface area contributed by atoms with Crippen LogP contribution in [0.2, 0.25) is 0 Å². The van der Waals surface area contributed by atoms with Crippen molar-refractivity contribution in [1.82, 2.24) is 0 Å². The van der Waals surface area contributed by atoms with Crippen LogP contribution in [0.4, 0.5) is 5.69 Å². The van der Waals surface area contributed by atoms with Crippen LogP contribution < -0.4 is 10.1 Å². The van der Waals surface area contributed by atoms with Gasteiger partial charge < -0.3 is 10.1 Å². The van der Waals surface area contributed by atoms with E-state index in [1.54, 1.807) is 7.11 Å². The molecule has 176 valence electrons. The van der Waals surface area contributed by atoms with Crippen molar-refractivity contribution in [2.75, 3.05) is 12.4 Å². The average Bonchev–Trinajstić information content (AvgIpc) is 2.97. The highest BCUT2D eigenvalue weighted by atomic mass is 16.5. The van der Waals surface area contributed by atoms with Gasteiger partial charge in [-0.2, -0.15) is 0 Å². The number of ether oxygens (including phenoxy) is 1. The second-order valence-corrected chi connectivity index (χ2v) is 8.63. The van der Waals surface area contributed by atoms with Gasteiger partial charge in [0.25, 0.3) is 0 Å². The van der Waals surface area contributed by atoms with E-state index in [9.17, 15) is 0 Å². The predicted molar refractivity (Wildman–Crippen MR) is 151 cm³/mol. The van der Waals surface area contributed by atoms with Crippen LogP contribution >= 0.6 is 0 Å². The van der Waals surface area contributed by atoms with Crippen molar-refractivity contribution in [1.29, 1.82) is 0 Å². The minimum atomic E-state index is 0.751. The van der Waals surface area contributed by atoms with Crippen LogP contribution in [0.3, 0.4) is 0 Å². The third kappa shape index (κ3) is 5.39. The molecular formula is C34H29NO. The number of anilines is 1. The maximum absolute atomic E-state index is 5.26. The second kappa shape index (κ2) is 11.2. The van der Waals surface area contributed by atoms with Gasteiger partial charge in [-0.25, -0.2) is 0 Å². The van der Waals surface area contributed by atoms with Gasteiger partial charge in [0.2, 0.25) is 0 Å². The van der Waals surface area contributed by atoms with Crippen LogP contribution in [0.15, 0.2) is 140 Å². The van der Waals surface area contributed by atoms with Crippen molar-refractivity contribution in [3.8, 4) is 5.75 Å². The normalized spacial score (nSPS) is 10.5. The summed E-state index contributed by atoms with van der Waals surface area (Å²) in [5.41, 5.74) is 9.54. The maximum atomic E-state index is 5.26. The number of rotatable bonds is 8. The first-order valence-electron chi connectivity index (χ1n) is 12.2. The Kier molecular flexibility index (Phi) is 7.24. The lowest BCUT2D eigenvalue weighted by molar-refractivity contribution is 0.415. The number of nitrogens with one attached hydrogen (secondary N) is 1. The number of methoxy groups -OCH3 is 1. The molecule has 0 spiro atoms. The Hall–Kier alpha value is -4.56. The molecule has 0 atom stereocenters. The molecule has 0 unspecified atom stereocenters. The fourth-order valence-corrected chi connectivity index (χ4v) is 4.43. The van der Waals surface area contributed by atoms with E-state index in [-0.39, 0.29) is 0 Å². The summed E-state index contributed by atoms with van der Waals surface area (Å²) in [6, 6.07) is 48.9. The summed E-state index contributed by atoms with van der Waals surface area (Å²) in [6.07, 6.45) is 0. The Morgan fingerprint density at radius 3 is 1.33 bits per heavy atom. The van der Waals surface area contributed by atoms with Crippen LogP contribution in [0.1, 0.15) is 27.8 Å². The summed E-state index contributed by atoms with van der Waals surface area (Å²) < 4.78 is 5.26. The first-order chi connectivity index (χ1) is 17.8. The minimum Gasteiger partial charge on any atom is -0.497 e. The summed E-state index contributed by atoms with van der Waals surface area (Å²) in [6.45, 7) is 0.751. The van der Waals surface area contributed by atoms with Gasteiger partial charge in [-0.05, 0) is 63.2 Å². The highest BCUT2D eigenvalue weighted by Crippen LogP contribution is 2.36. The van der Waals surface area contributed by atoms with E-state index in [1.807, 2.05) is 24.3 Å². The maximum Gasteiger partial charge on any atom is 0.119 e. The zero-order valence-corrected chi connectivity index (χ0v) is 20.4. The van der Waals surface area contributed by atoms with Gasteiger partial charge in [-0.15, -0.1) is 0 Å². The van der Waals surface area contributed by atoms with E-state index in [4.69, 9.17) is 4.74 Å². The second-order valence-electron chi connectivity index (χ2n) is 8.63. The lowest BCUT2D eigenvalue weighted by Gasteiger charge is -2.18. The molecular weight excluding hydrogens is 438 g/mol. The lowest BCUT2D eigenvalue weighted by atomic mass is 9.85. The molecule has 5 aromatic carbocycles. The van der Waals surface area contributed by atoms with Crippen molar-refractivity contribution in [3.05, 3.63) is 167 Å². The monoisotopic (exact) mass is 467 g/mol. The molecule has 0 aromatic heterocycles. The number of hydrogen-bond acceptors (Lipinski definition) is 2. The van der Waals surface area contributed by atoms with Crippen LogP contribution in [0.25, 0.3) is 11.1 Å². The van der Waals surface area contributed by atoms with Crippen molar-refractivity contribution < 1.29 is 4.74 Å². The van der Waals surface area contributed by atoms with E-state index in [0.29, 0.717) is 0 Å². The number of benzene rings is 5. The molecule has 0 radical (unpaired) electrons. The molecule has 0 aliphatic rings. The topological polar surface area (TPSA) is 21.3 Å². The van der Waals surface area contributed by atoms with Gasteiger partial charge in [-0.1, -0.05) is 115 Å². The van der Waals surface area contributed by atoms with Gasteiger partial charge in [0.05, 0.1) is 7.11 Å². The largest absolute Gasteiger partial charge is 0.497 e. The molecule has 0 fully saturated rings. The fraction of sp³-hybridized carbons (Fsp3) is 0.0588. The van der Waals surface area contributed by atoms with Crippen molar-refractivity contribution in [2.45, 2.75) is 6.54 Å². The quantitative estimate of drug-likeness (QED) is 0.232. The molecule has 0 amide bonds. The highest BCUT2D eigenvalue weighted by Gasteiger charge is 2.16. The SMILES string of the molecule is COc1ccc(NCc2ccc(C(=C(c3ccccc3)c3ccccc3)c3ccccc3)cc2)cc1. The molecule has 0 aliphatic heterocycles. The van der Waals surface area contributed by atoms with E-state index in [0.717, 1.165) is 18.0 Å². The summed E-state index contributed by atoms with van der Waals surface area (Å²) >= 11 is 0. The standard InChI is InChI=1S/C34H29NO/c1-36-32-23-21-31(22-24-32)35-25-26-17-19-30(20-18-26)34(29-15-9-4-10-16-29)33(27-11-5-2-6-12-27)28-13-7-3-8-14-28/h2-24,35H,25H2,1H3. The average molecular weight is 468 g/mol. The Morgan fingerprint density at radius 1 is 0.500 bits per heavy atom. The summed E-state index contributed by atoms with van der Waals surface area (Å²) in [7, 11) is 1.68. The summed E-state index contributed by atoms with van der Waals surface area (Å²) in [5, 5.41) is 3.50. The van der Waals surface area contributed by atoms with E-state index < -0.39 is 0 Å². The van der Waals surface area contributed by atoms with Gasteiger partial charge in [0.15, 0.2) is 0 Å². The predicted octanol–water partition coefficient (Wildman–Crippen LogP) is 8.31. The van der Waals surface area contributed by atoms with Gasteiger partial charge >= 0.3 is 0 Å². The van der Waals surface area contributed by atoms with Crippen molar-refractivity contribution >= 4 is 16.8 Å². The lowest BCUT2D eigenvalue weighted by Crippen LogP contribution is -2.00. The molecule has 1 N–H and O–H groups in total. The molecule has 2 nitrogen and oxygen atoms in total. The molecule has 0 aliphatic carbocycles. The van der Waals surface area contributed by atoms with Gasteiger partial charge in [0, 0.05) is 12.2 Å². The third-order valence-corrected chi connectivity index (χ3v) is 6.27. The molecule has 2 heteroatoms. The summed E-state index contributed by atoms with van der Waals surface area (Å²) in [4.78, 5) is 0. The van der Waals surface area contributed by atoms with Crippen LogP contribution in [-0.4, -0.2) is 7.11 Å². The molecule has 5 aromatic rings. The van der Waals surface area contributed by atoms with Crippen LogP contribution in [0, 0.1) is 0 Å². The Morgan fingerprint density at radius 2 is 0.917 bits per heavy atom. The smallest absolute Gasteiger partial charge is 0.119 e. The van der Waals surface area contributed by atoms with Gasteiger partial charge in [-0.3, -0.25) is 0 Å². The van der Waals surface area contributed by atoms with E-state index in [1.165, 1.54) is 39.0 Å². The highest BCUT2D eigenvalue weighted by molar-refractivity contribution is 6.04. The van der Waals surface area contributed by atoms with E-state index >= 15 is 0 Å². The molecule has 0 saturated carbocycles. The molecule has 5 rings (SSSR count).